The fraction of sp³-hybridized carbons (Fsp3) is 0.600. The molecule has 1 unspecified atom stereocenters. The van der Waals surface area contributed by atoms with Crippen LogP contribution < -0.4 is 4.90 Å². The topological polar surface area (TPSA) is 32.7 Å². The number of likely N-dealkylation sites (N-methyl/N-ethyl adjacent to an activating group) is 1. The normalized spacial score (nSPS) is 16.4. The number of rotatable bonds is 7. The smallest absolute Gasteiger partial charge is 0.146 e. The zero-order valence-electron chi connectivity index (χ0n) is 11.6. The van der Waals surface area contributed by atoms with E-state index in [2.05, 4.69) is 0 Å². The molecule has 1 aliphatic rings. The summed E-state index contributed by atoms with van der Waals surface area (Å²) in [5.74, 6) is 0.454. The monoisotopic (exact) mass is 267 g/mol. The van der Waals surface area contributed by atoms with Gasteiger partial charge in [-0.1, -0.05) is 6.07 Å². The highest BCUT2D eigenvalue weighted by molar-refractivity contribution is 5.48. The molecule has 1 aromatic carbocycles. The fourth-order valence-electron chi connectivity index (χ4n) is 1.95. The van der Waals surface area contributed by atoms with Crippen molar-refractivity contribution in [1.82, 2.24) is 0 Å². The molecule has 1 fully saturated rings. The van der Waals surface area contributed by atoms with Crippen molar-refractivity contribution in [1.29, 1.82) is 0 Å². The average Bonchev–Trinajstić information content (AvgIpc) is 3.18. The van der Waals surface area contributed by atoms with Gasteiger partial charge in [0.15, 0.2) is 0 Å². The van der Waals surface area contributed by atoms with E-state index in [4.69, 9.17) is 4.74 Å². The summed E-state index contributed by atoms with van der Waals surface area (Å²) in [7, 11) is 1.85. The van der Waals surface area contributed by atoms with Crippen molar-refractivity contribution in [3.05, 3.63) is 29.6 Å². The molecule has 1 N–H and O–H groups in total. The molecule has 1 atom stereocenters. The van der Waals surface area contributed by atoms with Gasteiger partial charge in [-0.25, -0.2) is 4.39 Å². The van der Waals surface area contributed by atoms with Crippen molar-refractivity contribution in [3.8, 4) is 0 Å². The van der Waals surface area contributed by atoms with E-state index in [-0.39, 0.29) is 5.82 Å². The molecule has 0 spiro atoms. The highest BCUT2D eigenvalue weighted by atomic mass is 19.1. The molecule has 0 heterocycles. The molecule has 0 saturated heterocycles. The van der Waals surface area contributed by atoms with Crippen LogP contribution in [0.2, 0.25) is 0 Å². The van der Waals surface area contributed by atoms with Crippen molar-refractivity contribution in [3.63, 3.8) is 0 Å². The molecule has 1 aromatic rings. The second-order valence-corrected chi connectivity index (χ2v) is 5.33. The Morgan fingerprint density at radius 3 is 2.79 bits per heavy atom. The Kier molecular flexibility index (Phi) is 4.77. The lowest BCUT2D eigenvalue weighted by Gasteiger charge is -2.20. The van der Waals surface area contributed by atoms with Crippen LogP contribution in [0.25, 0.3) is 0 Å². The lowest BCUT2D eigenvalue weighted by atomic mass is 10.1. The van der Waals surface area contributed by atoms with Crippen LogP contribution in [-0.2, 0) is 4.74 Å². The maximum absolute atomic E-state index is 13.9. The summed E-state index contributed by atoms with van der Waals surface area (Å²) in [6.45, 7) is 3.74. The van der Waals surface area contributed by atoms with Gasteiger partial charge in [0, 0.05) is 20.2 Å². The Bertz CT molecular complexity index is 419. The van der Waals surface area contributed by atoms with E-state index in [0.29, 0.717) is 24.4 Å². The number of benzene rings is 1. The van der Waals surface area contributed by atoms with Crippen LogP contribution >= 0.6 is 0 Å². The number of hydrogen-bond donors (Lipinski definition) is 1. The first-order valence-corrected chi connectivity index (χ1v) is 6.84. The van der Waals surface area contributed by atoms with Gasteiger partial charge in [0.05, 0.1) is 18.4 Å². The van der Waals surface area contributed by atoms with E-state index in [0.717, 1.165) is 12.5 Å². The minimum atomic E-state index is -0.643. The average molecular weight is 267 g/mol. The first kappa shape index (κ1) is 14.3. The second-order valence-electron chi connectivity index (χ2n) is 5.33. The summed E-state index contributed by atoms with van der Waals surface area (Å²) in [6, 6.07) is 4.85. The molecular weight excluding hydrogens is 245 g/mol. The van der Waals surface area contributed by atoms with E-state index in [1.165, 1.54) is 18.9 Å². The molecule has 4 heteroatoms. The van der Waals surface area contributed by atoms with Crippen molar-refractivity contribution in [2.24, 2.45) is 5.92 Å². The number of aliphatic hydroxyl groups is 1. The Labute approximate surface area is 114 Å². The molecular formula is C15H22FNO2. The zero-order valence-corrected chi connectivity index (χ0v) is 11.6. The second kappa shape index (κ2) is 6.35. The minimum absolute atomic E-state index is 0.303. The summed E-state index contributed by atoms with van der Waals surface area (Å²) in [4.78, 5) is 1.84. The van der Waals surface area contributed by atoms with Gasteiger partial charge in [0.25, 0.3) is 0 Å². The van der Waals surface area contributed by atoms with E-state index >= 15 is 0 Å². The van der Waals surface area contributed by atoms with Crippen molar-refractivity contribution >= 4 is 5.69 Å². The third-order valence-electron chi connectivity index (χ3n) is 3.49. The van der Waals surface area contributed by atoms with Crippen LogP contribution in [0.3, 0.4) is 0 Å². The SMILES string of the molecule is CC(O)c1ccc(N(C)CCOCC2CC2)c(F)c1. The van der Waals surface area contributed by atoms with Gasteiger partial charge < -0.3 is 14.7 Å². The number of ether oxygens (including phenoxy) is 1. The Morgan fingerprint density at radius 1 is 1.47 bits per heavy atom. The van der Waals surface area contributed by atoms with Gasteiger partial charge in [-0.3, -0.25) is 0 Å². The standard InChI is InChI=1S/C15H22FNO2/c1-11(18)13-5-6-15(14(16)9-13)17(2)7-8-19-10-12-3-4-12/h5-6,9,11-12,18H,3-4,7-8,10H2,1-2H3. The number of nitrogens with zero attached hydrogens (tertiary/aromatic N) is 1. The molecule has 1 saturated carbocycles. The lowest BCUT2D eigenvalue weighted by Crippen LogP contribution is -2.24. The number of hydrogen-bond acceptors (Lipinski definition) is 3. The molecule has 1 aliphatic carbocycles. The summed E-state index contributed by atoms with van der Waals surface area (Å²) >= 11 is 0. The van der Waals surface area contributed by atoms with Crippen LogP contribution in [0, 0.1) is 11.7 Å². The summed E-state index contributed by atoms with van der Waals surface area (Å²) in [5.41, 5.74) is 1.14. The Balaban J connectivity index is 1.84. The summed E-state index contributed by atoms with van der Waals surface area (Å²) in [5, 5.41) is 9.41. The molecule has 3 nitrogen and oxygen atoms in total. The largest absolute Gasteiger partial charge is 0.389 e. The first-order chi connectivity index (χ1) is 9.08. The third-order valence-corrected chi connectivity index (χ3v) is 3.49. The van der Waals surface area contributed by atoms with Gasteiger partial charge in [-0.05, 0) is 43.4 Å². The predicted octanol–water partition coefficient (Wildman–Crippen LogP) is 2.74. The van der Waals surface area contributed by atoms with Crippen LogP contribution in [0.5, 0.6) is 0 Å². The fourth-order valence-corrected chi connectivity index (χ4v) is 1.95. The number of anilines is 1. The minimum Gasteiger partial charge on any atom is -0.389 e. The number of halogens is 1. The van der Waals surface area contributed by atoms with Crippen molar-refractivity contribution in [2.75, 3.05) is 31.7 Å². The summed E-state index contributed by atoms with van der Waals surface area (Å²) < 4.78 is 19.5. The Hall–Kier alpha value is -1.13. The molecule has 0 aliphatic heterocycles. The molecule has 106 valence electrons. The van der Waals surface area contributed by atoms with Crippen molar-refractivity contribution in [2.45, 2.75) is 25.9 Å². The first-order valence-electron chi connectivity index (χ1n) is 6.84. The van der Waals surface area contributed by atoms with Gasteiger partial charge >= 0.3 is 0 Å². The van der Waals surface area contributed by atoms with E-state index in [1.54, 1.807) is 19.1 Å². The van der Waals surface area contributed by atoms with Gasteiger partial charge in [0.2, 0.25) is 0 Å². The van der Waals surface area contributed by atoms with Crippen molar-refractivity contribution < 1.29 is 14.2 Å². The Morgan fingerprint density at radius 2 is 2.21 bits per heavy atom. The predicted molar refractivity (Wildman–Crippen MR) is 73.8 cm³/mol. The van der Waals surface area contributed by atoms with E-state index in [1.807, 2.05) is 11.9 Å². The molecule has 2 rings (SSSR count). The van der Waals surface area contributed by atoms with E-state index in [9.17, 15) is 9.50 Å². The van der Waals surface area contributed by atoms with Gasteiger partial charge in [0.1, 0.15) is 5.82 Å². The van der Waals surface area contributed by atoms with Crippen LogP contribution in [0.15, 0.2) is 18.2 Å². The third kappa shape index (κ3) is 4.18. The van der Waals surface area contributed by atoms with Gasteiger partial charge in [-0.2, -0.15) is 0 Å². The summed E-state index contributed by atoms with van der Waals surface area (Å²) in [6.07, 6.45) is 1.92. The molecule has 0 amide bonds. The van der Waals surface area contributed by atoms with Crippen LogP contribution in [-0.4, -0.2) is 31.9 Å². The molecule has 0 aromatic heterocycles. The molecule has 19 heavy (non-hydrogen) atoms. The van der Waals surface area contributed by atoms with Gasteiger partial charge in [-0.15, -0.1) is 0 Å². The molecule has 0 radical (unpaired) electrons. The van der Waals surface area contributed by atoms with Crippen LogP contribution in [0.4, 0.5) is 10.1 Å². The maximum Gasteiger partial charge on any atom is 0.146 e. The lowest BCUT2D eigenvalue weighted by molar-refractivity contribution is 0.131. The molecule has 0 bridgehead atoms. The van der Waals surface area contributed by atoms with E-state index < -0.39 is 6.10 Å². The quantitative estimate of drug-likeness (QED) is 0.771. The maximum atomic E-state index is 13.9. The highest BCUT2D eigenvalue weighted by Crippen LogP contribution is 2.28. The number of aliphatic hydroxyl groups excluding tert-OH is 1. The zero-order chi connectivity index (χ0) is 13.8. The van der Waals surface area contributed by atoms with Crippen LogP contribution in [0.1, 0.15) is 31.4 Å². The highest BCUT2D eigenvalue weighted by Gasteiger charge is 2.21.